The number of nitrogens with zero attached hydrogens (tertiary/aromatic N) is 1. The smallest absolute Gasteiger partial charge is 0.218 e. The van der Waals surface area contributed by atoms with Gasteiger partial charge in [-0.15, -0.1) is 11.3 Å². The lowest BCUT2D eigenvalue weighted by Crippen LogP contribution is -2.38. The van der Waals surface area contributed by atoms with Crippen LogP contribution in [-0.4, -0.2) is 15.8 Å². The lowest BCUT2D eigenvalue weighted by atomic mass is 9.88. The van der Waals surface area contributed by atoms with Crippen LogP contribution in [0.25, 0.3) is 0 Å². The molecule has 0 saturated heterocycles. The van der Waals surface area contributed by atoms with Crippen LogP contribution in [-0.2, 0) is 15.9 Å². The van der Waals surface area contributed by atoms with Crippen LogP contribution in [0.3, 0.4) is 0 Å². The second-order valence-electron chi connectivity index (χ2n) is 6.21. The molecule has 0 N–H and O–H groups in total. The molecule has 3 aromatic rings. The Morgan fingerprint density at radius 2 is 1.54 bits per heavy atom. The molecule has 0 amide bonds. The van der Waals surface area contributed by atoms with Crippen molar-refractivity contribution in [2.45, 2.75) is 23.5 Å². The Morgan fingerprint density at radius 3 is 2.00 bits per heavy atom. The van der Waals surface area contributed by atoms with E-state index in [-0.39, 0.29) is 0 Å². The Kier molecular flexibility index (Phi) is 4.21. The summed E-state index contributed by atoms with van der Waals surface area (Å²) in [5.41, 5.74) is 2.97. The van der Waals surface area contributed by atoms with Gasteiger partial charge in [0.15, 0.2) is 0 Å². The molecule has 1 aliphatic carbocycles. The molecule has 1 unspecified atom stereocenters. The van der Waals surface area contributed by atoms with E-state index in [1.165, 1.54) is 17.8 Å². The first kappa shape index (κ1) is 15.9. The summed E-state index contributed by atoms with van der Waals surface area (Å²) in [4.78, 5) is 4.94. The zero-order chi connectivity index (χ0) is 16.6. The van der Waals surface area contributed by atoms with Gasteiger partial charge in [0.25, 0.3) is 0 Å². The van der Waals surface area contributed by atoms with Gasteiger partial charge in [-0.1, -0.05) is 60.7 Å². The minimum atomic E-state index is -1.15. The fraction of sp³-hybridized carbons (Fsp3) is 0.250. The van der Waals surface area contributed by atoms with Gasteiger partial charge >= 0.3 is 0 Å². The van der Waals surface area contributed by atoms with E-state index in [2.05, 4.69) is 29.6 Å². The zero-order valence-corrected chi connectivity index (χ0v) is 15.1. The van der Waals surface area contributed by atoms with Gasteiger partial charge in [0, 0.05) is 22.4 Å². The highest BCUT2D eigenvalue weighted by Gasteiger charge is 2.48. The summed E-state index contributed by atoms with van der Waals surface area (Å²) in [6, 6.07) is 20.3. The van der Waals surface area contributed by atoms with Crippen LogP contribution in [0.4, 0.5) is 0 Å². The second kappa shape index (κ2) is 6.36. The quantitative estimate of drug-likeness (QED) is 0.624. The predicted octanol–water partition coefficient (Wildman–Crippen LogP) is 4.69. The SMILES string of the molecule is C[S+]([O-])C(c1ccccc1)(c1ccccc1)c1csc(C2CC2)n1. The van der Waals surface area contributed by atoms with E-state index in [1.807, 2.05) is 36.4 Å². The number of hydrogen-bond donors (Lipinski definition) is 0. The van der Waals surface area contributed by atoms with Crippen molar-refractivity contribution in [3.63, 3.8) is 0 Å². The van der Waals surface area contributed by atoms with Gasteiger partial charge in [-0.05, 0) is 24.0 Å². The van der Waals surface area contributed by atoms with Crippen molar-refractivity contribution in [1.29, 1.82) is 0 Å². The van der Waals surface area contributed by atoms with Gasteiger partial charge in [-0.25, -0.2) is 4.98 Å². The molecule has 4 heteroatoms. The molecule has 0 radical (unpaired) electrons. The van der Waals surface area contributed by atoms with E-state index in [4.69, 9.17) is 4.98 Å². The third-order valence-electron chi connectivity index (χ3n) is 4.60. The summed E-state index contributed by atoms with van der Waals surface area (Å²) in [7, 11) is 0. The summed E-state index contributed by atoms with van der Waals surface area (Å²) in [5, 5.41) is 3.29. The van der Waals surface area contributed by atoms with Crippen molar-refractivity contribution < 1.29 is 4.55 Å². The third kappa shape index (κ3) is 2.59. The van der Waals surface area contributed by atoms with Gasteiger partial charge in [0.1, 0.15) is 5.69 Å². The molecule has 1 aromatic heterocycles. The molecule has 24 heavy (non-hydrogen) atoms. The van der Waals surface area contributed by atoms with E-state index in [0.29, 0.717) is 5.92 Å². The van der Waals surface area contributed by atoms with Gasteiger partial charge in [-0.2, -0.15) is 0 Å². The first-order valence-corrected chi connectivity index (χ1v) is 10.6. The molecule has 0 spiro atoms. The molecular weight excluding hydrogens is 334 g/mol. The highest BCUT2D eigenvalue weighted by atomic mass is 32.2. The Bertz CT molecular complexity index is 770. The van der Waals surface area contributed by atoms with Crippen LogP contribution >= 0.6 is 11.3 Å². The molecule has 1 fully saturated rings. The molecule has 1 saturated carbocycles. The average Bonchev–Trinajstić information content (AvgIpc) is 3.36. The van der Waals surface area contributed by atoms with Gasteiger partial charge < -0.3 is 4.55 Å². The normalized spacial score (nSPS) is 16.1. The van der Waals surface area contributed by atoms with Crippen LogP contribution in [0.1, 0.15) is 40.6 Å². The molecule has 0 aliphatic heterocycles. The number of aromatic nitrogens is 1. The Balaban J connectivity index is 1.96. The van der Waals surface area contributed by atoms with Crippen LogP contribution in [0.2, 0.25) is 0 Å². The molecular formula is C20H19NOS2. The number of thiazole rings is 1. The van der Waals surface area contributed by atoms with Gasteiger partial charge in [0.05, 0.1) is 11.3 Å². The Hall–Kier alpha value is -1.62. The minimum absolute atomic E-state index is 0.610. The molecule has 122 valence electrons. The van der Waals surface area contributed by atoms with Crippen molar-refractivity contribution >= 4 is 22.5 Å². The summed E-state index contributed by atoms with van der Waals surface area (Å²) < 4.78 is 12.4. The predicted molar refractivity (Wildman–Crippen MR) is 101 cm³/mol. The topological polar surface area (TPSA) is 36.0 Å². The maximum Gasteiger partial charge on any atom is 0.218 e. The first-order valence-electron chi connectivity index (χ1n) is 8.13. The number of rotatable bonds is 5. The van der Waals surface area contributed by atoms with Crippen LogP contribution < -0.4 is 0 Å². The minimum Gasteiger partial charge on any atom is -0.615 e. The zero-order valence-electron chi connectivity index (χ0n) is 13.5. The lowest BCUT2D eigenvalue weighted by molar-refractivity contribution is 0.575. The Morgan fingerprint density at radius 1 is 1.00 bits per heavy atom. The van der Waals surface area contributed by atoms with E-state index in [9.17, 15) is 4.55 Å². The van der Waals surface area contributed by atoms with E-state index < -0.39 is 15.9 Å². The first-order chi connectivity index (χ1) is 11.7. The summed E-state index contributed by atoms with van der Waals surface area (Å²) >= 11 is 0.558. The molecule has 4 rings (SSSR count). The lowest BCUT2D eigenvalue weighted by Gasteiger charge is -2.33. The van der Waals surface area contributed by atoms with E-state index in [0.717, 1.165) is 16.8 Å². The summed E-state index contributed by atoms with van der Waals surface area (Å²) in [6.07, 6.45) is 4.24. The van der Waals surface area contributed by atoms with Crippen molar-refractivity contribution in [1.82, 2.24) is 4.98 Å². The molecule has 1 atom stereocenters. The number of hydrogen-bond acceptors (Lipinski definition) is 3. The largest absolute Gasteiger partial charge is 0.615 e. The van der Waals surface area contributed by atoms with Gasteiger partial charge in [-0.3, -0.25) is 0 Å². The van der Waals surface area contributed by atoms with Gasteiger partial charge in [0.2, 0.25) is 4.75 Å². The highest BCUT2D eigenvalue weighted by molar-refractivity contribution is 7.92. The maximum atomic E-state index is 13.1. The van der Waals surface area contributed by atoms with E-state index in [1.54, 1.807) is 17.6 Å². The number of benzene rings is 2. The second-order valence-corrected chi connectivity index (χ2v) is 8.62. The van der Waals surface area contributed by atoms with Crippen LogP contribution in [0.5, 0.6) is 0 Å². The maximum absolute atomic E-state index is 13.1. The third-order valence-corrected chi connectivity index (χ3v) is 7.15. The summed E-state index contributed by atoms with van der Waals surface area (Å²) in [5.74, 6) is 0.610. The molecule has 1 heterocycles. The van der Waals surface area contributed by atoms with Crippen LogP contribution in [0.15, 0.2) is 66.0 Å². The monoisotopic (exact) mass is 353 g/mol. The van der Waals surface area contributed by atoms with Crippen molar-refractivity contribution in [3.05, 3.63) is 87.9 Å². The van der Waals surface area contributed by atoms with Crippen molar-refractivity contribution in [2.75, 3.05) is 6.26 Å². The standard InChI is InChI=1S/C20H19NOS2/c1-24(22)20(16-8-4-2-5-9-16,17-10-6-3-7-11-17)18-14-23-19(21-18)15-12-13-15/h2-11,14-15H,12-13H2,1H3. The summed E-state index contributed by atoms with van der Waals surface area (Å²) in [6.45, 7) is 0. The molecule has 2 aromatic carbocycles. The fourth-order valence-corrected chi connectivity index (χ4v) is 5.71. The fourth-order valence-electron chi connectivity index (χ4n) is 3.25. The van der Waals surface area contributed by atoms with Crippen molar-refractivity contribution in [3.8, 4) is 0 Å². The average molecular weight is 354 g/mol. The van der Waals surface area contributed by atoms with Crippen LogP contribution in [0, 0.1) is 0 Å². The van der Waals surface area contributed by atoms with Crippen molar-refractivity contribution in [2.24, 2.45) is 0 Å². The Labute approximate surface area is 149 Å². The molecule has 0 bridgehead atoms. The molecule has 2 nitrogen and oxygen atoms in total. The van der Waals surface area contributed by atoms with E-state index >= 15 is 0 Å². The molecule has 1 aliphatic rings. The highest BCUT2D eigenvalue weighted by Crippen LogP contribution is 2.47.